The van der Waals surface area contributed by atoms with Gasteiger partial charge in [-0.3, -0.25) is 9.59 Å². The molecular weight excluding hydrogens is 312 g/mol. The van der Waals surface area contributed by atoms with E-state index in [0.29, 0.717) is 6.54 Å². The highest BCUT2D eigenvalue weighted by atomic mass is 16.2. The Labute approximate surface area is 149 Å². The molecule has 0 heterocycles. The van der Waals surface area contributed by atoms with E-state index in [9.17, 15) is 9.59 Å². The maximum Gasteiger partial charge on any atom is 0.226 e. The molecule has 0 spiro atoms. The lowest BCUT2D eigenvalue weighted by Gasteiger charge is -2.28. The Morgan fingerprint density at radius 3 is 2.32 bits per heavy atom. The first-order valence-electron chi connectivity index (χ1n) is 8.57. The Hall–Kier alpha value is -2.62. The molecule has 1 N–H and O–H groups in total. The van der Waals surface area contributed by atoms with E-state index in [0.717, 1.165) is 16.8 Å². The summed E-state index contributed by atoms with van der Waals surface area (Å²) in [4.78, 5) is 26.0. The van der Waals surface area contributed by atoms with Crippen LogP contribution < -0.4 is 5.32 Å². The van der Waals surface area contributed by atoms with E-state index in [1.165, 1.54) is 5.56 Å². The lowest BCUT2D eigenvalue weighted by molar-refractivity contribution is -0.131. The number of anilines is 1. The van der Waals surface area contributed by atoms with Gasteiger partial charge in [0.05, 0.1) is 6.04 Å². The predicted molar refractivity (Wildman–Crippen MR) is 101 cm³/mol. The van der Waals surface area contributed by atoms with Gasteiger partial charge in [-0.2, -0.15) is 0 Å². The molecule has 0 bridgehead atoms. The number of nitrogens with one attached hydrogen (secondary N) is 1. The van der Waals surface area contributed by atoms with Gasteiger partial charge in [0.2, 0.25) is 11.8 Å². The molecule has 0 saturated heterocycles. The van der Waals surface area contributed by atoms with Crippen LogP contribution in [0.1, 0.15) is 43.0 Å². The molecule has 0 saturated carbocycles. The van der Waals surface area contributed by atoms with Crippen molar-refractivity contribution in [3.8, 4) is 0 Å². The normalized spacial score (nSPS) is 11.7. The first kappa shape index (κ1) is 18.7. The molecule has 2 amide bonds. The second kappa shape index (κ2) is 8.47. The zero-order chi connectivity index (χ0) is 18.4. The Morgan fingerprint density at radius 1 is 1.04 bits per heavy atom. The zero-order valence-electron chi connectivity index (χ0n) is 15.4. The minimum atomic E-state index is -0.0882. The van der Waals surface area contributed by atoms with Gasteiger partial charge in [-0.25, -0.2) is 0 Å². The molecule has 2 aromatic rings. The fourth-order valence-electron chi connectivity index (χ4n) is 2.80. The second-order valence-electron chi connectivity index (χ2n) is 6.40. The summed E-state index contributed by atoms with van der Waals surface area (Å²) in [5.74, 6) is -0.120. The lowest BCUT2D eigenvalue weighted by Crippen LogP contribution is -2.34. The summed E-state index contributed by atoms with van der Waals surface area (Å²) in [7, 11) is 0. The minimum Gasteiger partial charge on any atom is -0.336 e. The molecule has 132 valence electrons. The van der Waals surface area contributed by atoms with Crippen LogP contribution in [0.5, 0.6) is 0 Å². The molecule has 1 atom stereocenters. The number of benzene rings is 2. The SMILES string of the molecule is CC(=O)N(CCC(=O)Nc1ccc(C)c(C)c1)C(C)c1ccccc1. The molecular formula is C21H26N2O2. The Bertz CT molecular complexity index is 741. The van der Waals surface area contributed by atoms with Crippen LogP contribution in [-0.2, 0) is 9.59 Å². The van der Waals surface area contributed by atoms with Gasteiger partial charge in [0.25, 0.3) is 0 Å². The van der Waals surface area contributed by atoms with Crippen molar-refractivity contribution in [3.63, 3.8) is 0 Å². The first-order chi connectivity index (χ1) is 11.9. The van der Waals surface area contributed by atoms with Crippen LogP contribution in [0.3, 0.4) is 0 Å². The Balaban J connectivity index is 1.97. The summed E-state index contributed by atoms with van der Waals surface area (Å²) in [6.45, 7) is 7.97. The molecule has 2 aromatic carbocycles. The van der Waals surface area contributed by atoms with Crippen LogP contribution in [-0.4, -0.2) is 23.3 Å². The molecule has 0 aromatic heterocycles. The molecule has 1 unspecified atom stereocenters. The van der Waals surface area contributed by atoms with Crippen molar-refractivity contribution in [3.05, 3.63) is 65.2 Å². The predicted octanol–water partition coefficient (Wildman–Crippen LogP) is 4.24. The topological polar surface area (TPSA) is 49.4 Å². The van der Waals surface area contributed by atoms with E-state index in [2.05, 4.69) is 5.32 Å². The highest BCUT2D eigenvalue weighted by Gasteiger charge is 2.19. The molecule has 0 aliphatic heterocycles. The molecule has 0 aliphatic rings. The molecule has 4 heteroatoms. The molecule has 25 heavy (non-hydrogen) atoms. The number of nitrogens with zero attached hydrogens (tertiary/aromatic N) is 1. The number of hydrogen-bond acceptors (Lipinski definition) is 2. The molecule has 0 aliphatic carbocycles. The van der Waals surface area contributed by atoms with Gasteiger partial charge in [-0.15, -0.1) is 0 Å². The summed E-state index contributed by atoms with van der Waals surface area (Å²) in [5.41, 5.74) is 4.18. The third-order valence-corrected chi connectivity index (χ3v) is 4.52. The van der Waals surface area contributed by atoms with Crippen molar-refractivity contribution in [1.29, 1.82) is 0 Å². The summed E-state index contributed by atoms with van der Waals surface area (Å²) in [5, 5.41) is 2.91. The third kappa shape index (κ3) is 5.18. The van der Waals surface area contributed by atoms with Crippen LogP contribution in [0, 0.1) is 13.8 Å². The van der Waals surface area contributed by atoms with E-state index < -0.39 is 0 Å². The molecule has 4 nitrogen and oxygen atoms in total. The van der Waals surface area contributed by atoms with E-state index >= 15 is 0 Å². The van der Waals surface area contributed by atoms with Crippen LogP contribution in [0.4, 0.5) is 5.69 Å². The van der Waals surface area contributed by atoms with E-state index in [1.807, 2.05) is 69.3 Å². The van der Waals surface area contributed by atoms with Gasteiger partial charge >= 0.3 is 0 Å². The van der Waals surface area contributed by atoms with E-state index in [4.69, 9.17) is 0 Å². The quantitative estimate of drug-likeness (QED) is 0.856. The van der Waals surface area contributed by atoms with Gasteiger partial charge in [0.15, 0.2) is 0 Å². The van der Waals surface area contributed by atoms with Crippen molar-refractivity contribution in [2.24, 2.45) is 0 Å². The number of carbonyl (C=O) groups excluding carboxylic acids is 2. The van der Waals surface area contributed by atoms with E-state index in [1.54, 1.807) is 11.8 Å². The fraction of sp³-hybridized carbons (Fsp3) is 0.333. The number of aryl methyl sites for hydroxylation is 2. The molecule has 0 radical (unpaired) electrons. The smallest absolute Gasteiger partial charge is 0.226 e. The lowest BCUT2D eigenvalue weighted by atomic mass is 10.1. The Morgan fingerprint density at radius 2 is 1.72 bits per heavy atom. The standard InChI is InChI=1S/C21H26N2O2/c1-15-10-11-20(14-16(15)2)22-21(25)12-13-23(18(4)24)17(3)19-8-6-5-7-9-19/h5-11,14,17H,12-13H2,1-4H3,(H,22,25). The third-order valence-electron chi connectivity index (χ3n) is 4.52. The van der Waals surface area contributed by atoms with Gasteiger partial charge in [0.1, 0.15) is 0 Å². The summed E-state index contributed by atoms with van der Waals surface area (Å²) in [6, 6.07) is 15.6. The highest BCUT2D eigenvalue weighted by molar-refractivity contribution is 5.91. The van der Waals surface area contributed by atoms with Crippen molar-refractivity contribution in [1.82, 2.24) is 4.90 Å². The number of amides is 2. The van der Waals surface area contributed by atoms with Crippen molar-refractivity contribution >= 4 is 17.5 Å². The molecule has 0 fully saturated rings. The second-order valence-corrected chi connectivity index (χ2v) is 6.40. The zero-order valence-corrected chi connectivity index (χ0v) is 15.4. The molecule has 2 rings (SSSR count). The summed E-state index contributed by atoms with van der Waals surface area (Å²) >= 11 is 0. The van der Waals surface area contributed by atoms with Gasteiger partial charge in [-0.05, 0) is 49.6 Å². The van der Waals surface area contributed by atoms with Crippen molar-refractivity contribution in [2.45, 2.75) is 40.2 Å². The van der Waals surface area contributed by atoms with Crippen molar-refractivity contribution in [2.75, 3.05) is 11.9 Å². The van der Waals surface area contributed by atoms with Crippen LogP contribution in [0.15, 0.2) is 48.5 Å². The van der Waals surface area contributed by atoms with Crippen LogP contribution in [0.25, 0.3) is 0 Å². The fourth-order valence-corrected chi connectivity index (χ4v) is 2.80. The van der Waals surface area contributed by atoms with Crippen LogP contribution >= 0.6 is 0 Å². The largest absolute Gasteiger partial charge is 0.336 e. The number of rotatable bonds is 6. The van der Waals surface area contributed by atoms with E-state index in [-0.39, 0.29) is 24.3 Å². The highest BCUT2D eigenvalue weighted by Crippen LogP contribution is 2.20. The minimum absolute atomic E-state index is 0.0321. The monoisotopic (exact) mass is 338 g/mol. The Kier molecular flexibility index (Phi) is 6.34. The maximum atomic E-state index is 12.2. The number of carbonyl (C=O) groups is 2. The average Bonchev–Trinajstić information content (AvgIpc) is 2.58. The van der Waals surface area contributed by atoms with Crippen LogP contribution in [0.2, 0.25) is 0 Å². The van der Waals surface area contributed by atoms with Gasteiger partial charge < -0.3 is 10.2 Å². The van der Waals surface area contributed by atoms with Gasteiger partial charge in [0, 0.05) is 25.6 Å². The maximum absolute atomic E-state index is 12.2. The average molecular weight is 338 g/mol. The first-order valence-corrected chi connectivity index (χ1v) is 8.57. The number of hydrogen-bond donors (Lipinski definition) is 1. The van der Waals surface area contributed by atoms with Crippen molar-refractivity contribution < 1.29 is 9.59 Å². The summed E-state index contributed by atoms with van der Waals surface area (Å²) in [6.07, 6.45) is 0.268. The van der Waals surface area contributed by atoms with Gasteiger partial charge in [-0.1, -0.05) is 36.4 Å². The summed E-state index contributed by atoms with van der Waals surface area (Å²) < 4.78 is 0.